The summed E-state index contributed by atoms with van der Waals surface area (Å²) in [7, 11) is 3.23. The summed E-state index contributed by atoms with van der Waals surface area (Å²) in [5, 5.41) is 4.92. The Bertz CT molecular complexity index is 308. The zero-order valence-corrected chi connectivity index (χ0v) is 9.93. The van der Waals surface area contributed by atoms with Gasteiger partial charge in [0.15, 0.2) is 0 Å². The first-order chi connectivity index (χ1) is 7.82. The molecule has 1 aliphatic rings. The fraction of sp³-hybridized carbons (Fsp3) is 0.800. The molecule has 7 heteroatoms. The summed E-state index contributed by atoms with van der Waals surface area (Å²) < 4.78 is 25.6. The van der Waals surface area contributed by atoms with Gasteiger partial charge in [-0.3, -0.25) is 14.9 Å². The lowest BCUT2D eigenvalue weighted by molar-refractivity contribution is -0.128. The Hall–Kier alpha value is -1.24. The zero-order chi connectivity index (χ0) is 13.1. The van der Waals surface area contributed by atoms with Crippen LogP contribution in [0, 0.1) is 0 Å². The van der Waals surface area contributed by atoms with Crippen molar-refractivity contribution < 1.29 is 18.4 Å². The molecule has 1 unspecified atom stereocenters. The third-order valence-electron chi connectivity index (χ3n) is 2.56. The number of nitrogens with zero attached hydrogens (tertiary/aromatic N) is 1. The molecular formula is C10H17F2N3O2. The lowest BCUT2D eigenvalue weighted by atomic mass is 10.2. The van der Waals surface area contributed by atoms with Gasteiger partial charge in [-0.15, -0.1) is 0 Å². The molecular weight excluding hydrogens is 232 g/mol. The van der Waals surface area contributed by atoms with Crippen LogP contribution in [-0.2, 0) is 9.59 Å². The second-order valence-corrected chi connectivity index (χ2v) is 4.32. The van der Waals surface area contributed by atoms with Crippen LogP contribution in [0.2, 0.25) is 0 Å². The van der Waals surface area contributed by atoms with Crippen molar-refractivity contribution in [2.24, 2.45) is 0 Å². The van der Waals surface area contributed by atoms with Gasteiger partial charge >= 0.3 is 0 Å². The number of halogens is 2. The van der Waals surface area contributed by atoms with E-state index in [2.05, 4.69) is 10.6 Å². The smallest absolute Gasteiger partial charge is 0.262 e. The maximum atomic E-state index is 12.8. The largest absolute Gasteiger partial charge is 0.354 e. The van der Waals surface area contributed by atoms with E-state index < -0.39 is 30.8 Å². The van der Waals surface area contributed by atoms with Gasteiger partial charge in [0.05, 0.1) is 12.6 Å². The number of hydrogen-bond acceptors (Lipinski definition) is 3. The van der Waals surface area contributed by atoms with Crippen LogP contribution in [0.25, 0.3) is 0 Å². The van der Waals surface area contributed by atoms with E-state index in [0.717, 1.165) is 0 Å². The van der Waals surface area contributed by atoms with Crippen molar-refractivity contribution in [2.45, 2.75) is 24.8 Å². The van der Waals surface area contributed by atoms with Crippen LogP contribution in [0.1, 0.15) is 12.8 Å². The summed E-state index contributed by atoms with van der Waals surface area (Å²) in [6.07, 6.45) is -0.317. The summed E-state index contributed by atoms with van der Waals surface area (Å²) in [5.41, 5.74) is 0. The zero-order valence-electron chi connectivity index (χ0n) is 9.93. The van der Waals surface area contributed by atoms with E-state index in [1.165, 1.54) is 4.90 Å². The molecule has 1 fully saturated rings. The Morgan fingerprint density at radius 3 is 2.59 bits per heavy atom. The summed E-state index contributed by atoms with van der Waals surface area (Å²) in [6.45, 7) is -0.304. The van der Waals surface area contributed by atoms with Crippen molar-refractivity contribution in [1.29, 1.82) is 0 Å². The first kappa shape index (κ1) is 13.8. The number of amides is 2. The molecule has 0 spiro atoms. The number of hydrogen-bond donors (Lipinski definition) is 2. The molecule has 0 aromatic carbocycles. The fourth-order valence-electron chi connectivity index (χ4n) is 1.54. The van der Waals surface area contributed by atoms with Crippen LogP contribution in [-0.4, -0.2) is 55.9 Å². The molecule has 1 aliphatic heterocycles. The third-order valence-corrected chi connectivity index (χ3v) is 2.56. The van der Waals surface area contributed by atoms with Gasteiger partial charge in [-0.1, -0.05) is 0 Å². The first-order valence-electron chi connectivity index (χ1n) is 5.41. The van der Waals surface area contributed by atoms with E-state index in [9.17, 15) is 18.4 Å². The predicted molar refractivity (Wildman–Crippen MR) is 57.7 cm³/mol. The van der Waals surface area contributed by atoms with Crippen LogP contribution >= 0.6 is 0 Å². The Balaban J connectivity index is 2.25. The lowest BCUT2D eigenvalue weighted by Crippen LogP contribution is -2.41. The lowest BCUT2D eigenvalue weighted by Gasteiger charge is -2.13. The van der Waals surface area contributed by atoms with Gasteiger partial charge < -0.3 is 10.2 Å². The molecule has 2 N–H and O–H groups in total. The van der Waals surface area contributed by atoms with Gasteiger partial charge in [0.25, 0.3) is 5.92 Å². The molecule has 0 saturated carbocycles. The Labute approximate surface area is 98.5 Å². The Morgan fingerprint density at radius 2 is 2.12 bits per heavy atom. The van der Waals surface area contributed by atoms with E-state index in [4.69, 9.17) is 0 Å². The molecule has 1 saturated heterocycles. The predicted octanol–water partition coefficient (Wildman–Crippen LogP) is -0.422. The van der Waals surface area contributed by atoms with Gasteiger partial charge in [-0.05, 0) is 0 Å². The number of alkyl halides is 2. The van der Waals surface area contributed by atoms with Crippen molar-refractivity contribution in [3.8, 4) is 0 Å². The fourth-order valence-corrected chi connectivity index (χ4v) is 1.54. The van der Waals surface area contributed by atoms with Gasteiger partial charge in [0.1, 0.15) is 0 Å². The van der Waals surface area contributed by atoms with Gasteiger partial charge in [0.2, 0.25) is 11.8 Å². The quantitative estimate of drug-likeness (QED) is 0.711. The molecule has 0 aromatic rings. The summed E-state index contributed by atoms with van der Waals surface area (Å²) in [6, 6.07) is -0.862. The second kappa shape index (κ2) is 5.39. The van der Waals surface area contributed by atoms with Gasteiger partial charge in [-0.2, -0.15) is 0 Å². The minimum Gasteiger partial charge on any atom is -0.354 e. The number of carbonyl (C=O) groups is 2. The highest BCUT2D eigenvalue weighted by molar-refractivity contribution is 5.83. The molecule has 1 atom stereocenters. The van der Waals surface area contributed by atoms with Crippen molar-refractivity contribution in [3.05, 3.63) is 0 Å². The van der Waals surface area contributed by atoms with E-state index >= 15 is 0 Å². The molecule has 0 radical (unpaired) electrons. The van der Waals surface area contributed by atoms with Crippen LogP contribution in [0.5, 0.6) is 0 Å². The van der Waals surface area contributed by atoms with Crippen LogP contribution in [0.3, 0.4) is 0 Å². The molecule has 0 aromatic heterocycles. The highest BCUT2D eigenvalue weighted by Gasteiger charge is 2.42. The standard InChI is InChI=1S/C10H17F2N3O2/c1-15(2)8(16)3-4-13-9(17)7-5-10(11,12)6-14-7/h7,14H,3-6H2,1-2H3,(H,13,17). The number of carbonyl (C=O) groups excluding carboxylic acids is 2. The van der Waals surface area contributed by atoms with E-state index in [0.29, 0.717) is 0 Å². The van der Waals surface area contributed by atoms with E-state index in [-0.39, 0.29) is 18.9 Å². The van der Waals surface area contributed by atoms with E-state index in [1.807, 2.05) is 0 Å². The Kier molecular flexibility index (Phi) is 4.39. The summed E-state index contributed by atoms with van der Waals surface area (Å²) >= 11 is 0. The van der Waals surface area contributed by atoms with Crippen LogP contribution in [0.4, 0.5) is 8.78 Å². The molecule has 17 heavy (non-hydrogen) atoms. The average Bonchev–Trinajstić information content (AvgIpc) is 2.58. The van der Waals surface area contributed by atoms with E-state index in [1.54, 1.807) is 14.1 Å². The molecule has 0 aliphatic carbocycles. The highest BCUT2D eigenvalue weighted by atomic mass is 19.3. The number of rotatable bonds is 4. The Morgan fingerprint density at radius 1 is 1.47 bits per heavy atom. The first-order valence-corrected chi connectivity index (χ1v) is 5.41. The molecule has 98 valence electrons. The molecule has 2 amide bonds. The van der Waals surface area contributed by atoms with Crippen molar-refractivity contribution in [1.82, 2.24) is 15.5 Å². The normalized spacial score (nSPS) is 22.2. The average molecular weight is 249 g/mol. The molecule has 0 bridgehead atoms. The van der Waals surface area contributed by atoms with Crippen molar-refractivity contribution >= 4 is 11.8 Å². The topological polar surface area (TPSA) is 61.4 Å². The molecule has 1 rings (SSSR count). The number of nitrogens with one attached hydrogen (secondary N) is 2. The van der Waals surface area contributed by atoms with Crippen LogP contribution < -0.4 is 10.6 Å². The minimum atomic E-state index is -2.82. The second-order valence-electron chi connectivity index (χ2n) is 4.32. The third kappa shape index (κ3) is 4.26. The van der Waals surface area contributed by atoms with Crippen molar-refractivity contribution in [2.75, 3.05) is 27.2 Å². The SMILES string of the molecule is CN(C)C(=O)CCNC(=O)C1CC(F)(F)CN1. The molecule has 1 heterocycles. The highest BCUT2D eigenvalue weighted by Crippen LogP contribution is 2.24. The minimum absolute atomic E-state index is 0.116. The molecule has 5 nitrogen and oxygen atoms in total. The van der Waals surface area contributed by atoms with Crippen LogP contribution in [0.15, 0.2) is 0 Å². The van der Waals surface area contributed by atoms with Gasteiger partial charge in [0, 0.05) is 33.5 Å². The summed E-state index contributed by atoms with van der Waals surface area (Å²) in [5.74, 6) is -3.41. The maximum Gasteiger partial charge on any atom is 0.262 e. The van der Waals surface area contributed by atoms with Gasteiger partial charge in [-0.25, -0.2) is 8.78 Å². The van der Waals surface area contributed by atoms with Crippen molar-refractivity contribution in [3.63, 3.8) is 0 Å². The monoisotopic (exact) mass is 249 g/mol. The maximum absolute atomic E-state index is 12.8. The summed E-state index contributed by atoms with van der Waals surface area (Å²) in [4.78, 5) is 24.1.